The van der Waals surface area contributed by atoms with Crippen molar-refractivity contribution in [2.75, 3.05) is 18.9 Å². The molecule has 2 aromatic rings. The van der Waals surface area contributed by atoms with Gasteiger partial charge in [0, 0.05) is 23.8 Å². The first-order valence-corrected chi connectivity index (χ1v) is 7.29. The standard InChI is InChI=1S/C16H19BrN2/c1-18-16-4-2-3-14(11-16)12-19-10-9-13-5-7-15(17)8-6-13/h2-8,11,18-19H,9-10,12H2,1H3. The van der Waals surface area contributed by atoms with Crippen molar-refractivity contribution in [3.8, 4) is 0 Å². The van der Waals surface area contributed by atoms with Crippen LogP contribution in [-0.2, 0) is 13.0 Å². The summed E-state index contributed by atoms with van der Waals surface area (Å²) >= 11 is 3.45. The average Bonchev–Trinajstić information content (AvgIpc) is 2.46. The lowest BCUT2D eigenvalue weighted by Gasteiger charge is -2.07. The molecule has 3 heteroatoms. The second-order valence-corrected chi connectivity index (χ2v) is 5.42. The van der Waals surface area contributed by atoms with E-state index in [1.807, 2.05) is 7.05 Å². The fraction of sp³-hybridized carbons (Fsp3) is 0.250. The molecule has 19 heavy (non-hydrogen) atoms. The summed E-state index contributed by atoms with van der Waals surface area (Å²) in [6.07, 6.45) is 1.05. The predicted octanol–water partition coefficient (Wildman–Crippen LogP) is 3.82. The van der Waals surface area contributed by atoms with Crippen LogP contribution in [0.5, 0.6) is 0 Å². The molecule has 2 N–H and O–H groups in total. The van der Waals surface area contributed by atoms with Gasteiger partial charge in [0.25, 0.3) is 0 Å². The minimum Gasteiger partial charge on any atom is -0.388 e. The van der Waals surface area contributed by atoms with Gasteiger partial charge >= 0.3 is 0 Å². The van der Waals surface area contributed by atoms with Gasteiger partial charge in [-0.2, -0.15) is 0 Å². The second-order valence-electron chi connectivity index (χ2n) is 4.50. The highest BCUT2D eigenvalue weighted by Gasteiger charge is 1.96. The van der Waals surface area contributed by atoms with E-state index < -0.39 is 0 Å². The number of rotatable bonds is 6. The summed E-state index contributed by atoms with van der Waals surface area (Å²) in [5.41, 5.74) is 3.83. The van der Waals surface area contributed by atoms with Gasteiger partial charge in [-0.1, -0.05) is 40.2 Å². The number of hydrogen-bond donors (Lipinski definition) is 2. The molecule has 0 aliphatic heterocycles. The molecule has 0 heterocycles. The van der Waals surface area contributed by atoms with Gasteiger partial charge in [0.15, 0.2) is 0 Å². The molecule has 0 aromatic heterocycles. The Hall–Kier alpha value is -1.32. The van der Waals surface area contributed by atoms with E-state index in [9.17, 15) is 0 Å². The summed E-state index contributed by atoms with van der Waals surface area (Å²) < 4.78 is 1.13. The highest BCUT2D eigenvalue weighted by molar-refractivity contribution is 9.10. The highest BCUT2D eigenvalue weighted by Crippen LogP contribution is 2.11. The van der Waals surface area contributed by atoms with Crippen LogP contribution >= 0.6 is 15.9 Å². The first-order chi connectivity index (χ1) is 9.28. The fourth-order valence-electron chi connectivity index (χ4n) is 1.95. The molecule has 2 rings (SSSR count). The van der Waals surface area contributed by atoms with Crippen molar-refractivity contribution in [2.45, 2.75) is 13.0 Å². The van der Waals surface area contributed by atoms with Gasteiger partial charge in [-0.15, -0.1) is 0 Å². The number of benzene rings is 2. The normalized spacial score (nSPS) is 10.4. The lowest BCUT2D eigenvalue weighted by Crippen LogP contribution is -2.16. The van der Waals surface area contributed by atoms with Gasteiger partial charge in [-0.3, -0.25) is 0 Å². The van der Waals surface area contributed by atoms with Crippen LogP contribution in [0.2, 0.25) is 0 Å². The zero-order valence-corrected chi connectivity index (χ0v) is 12.7. The van der Waals surface area contributed by atoms with Gasteiger partial charge in [0.1, 0.15) is 0 Å². The SMILES string of the molecule is CNc1cccc(CNCCc2ccc(Br)cc2)c1. The molecule has 0 atom stereocenters. The van der Waals surface area contributed by atoms with Crippen LogP contribution in [0.15, 0.2) is 53.0 Å². The molecule has 0 saturated heterocycles. The maximum Gasteiger partial charge on any atom is 0.0340 e. The Balaban J connectivity index is 1.75. The number of anilines is 1. The van der Waals surface area contributed by atoms with Crippen molar-refractivity contribution in [3.05, 3.63) is 64.1 Å². The summed E-state index contributed by atoms with van der Waals surface area (Å²) in [4.78, 5) is 0. The van der Waals surface area contributed by atoms with Crippen LogP contribution in [0.1, 0.15) is 11.1 Å². The molecular weight excluding hydrogens is 300 g/mol. The molecule has 0 aliphatic rings. The molecule has 0 amide bonds. The monoisotopic (exact) mass is 318 g/mol. The van der Waals surface area contributed by atoms with Gasteiger partial charge in [0.05, 0.1) is 0 Å². The van der Waals surface area contributed by atoms with E-state index in [1.54, 1.807) is 0 Å². The van der Waals surface area contributed by atoms with Crippen LogP contribution < -0.4 is 10.6 Å². The van der Waals surface area contributed by atoms with Crippen molar-refractivity contribution in [3.63, 3.8) is 0 Å². The quantitative estimate of drug-likeness (QED) is 0.791. The third kappa shape index (κ3) is 4.69. The third-order valence-electron chi connectivity index (χ3n) is 3.05. The molecule has 2 nitrogen and oxygen atoms in total. The Labute approximate surface area is 123 Å². The Kier molecular flexibility index (Phi) is 5.43. The highest BCUT2D eigenvalue weighted by atomic mass is 79.9. The minimum atomic E-state index is 0.909. The Morgan fingerprint density at radius 1 is 1.00 bits per heavy atom. The first kappa shape index (κ1) is 14.1. The zero-order valence-electron chi connectivity index (χ0n) is 11.1. The summed E-state index contributed by atoms with van der Waals surface area (Å²) in [5.74, 6) is 0. The number of nitrogens with one attached hydrogen (secondary N) is 2. The summed E-state index contributed by atoms with van der Waals surface area (Å²) in [7, 11) is 1.94. The van der Waals surface area contributed by atoms with E-state index in [1.165, 1.54) is 11.1 Å². The van der Waals surface area contributed by atoms with Gasteiger partial charge in [0.2, 0.25) is 0 Å². The van der Waals surface area contributed by atoms with Crippen molar-refractivity contribution < 1.29 is 0 Å². The Morgan fingerprint density at radius 2 is 1.79 bits per heavy atom. The van der Waals surface area contributed by atoms with E-state index >= 15 is 0 Å². The van der Waals surface area contributed by atoms with Crippen molar-refractivity contribution in [1.82, 2.24) is 5.32 Å². The van der Waals surface area contributed by atoms with E-state index in [0.29, 0.717) is 0 Å². The molecule has 0 fully saturated rings. The predicted molar refractivity (Wildman–Crippen MR) is 85.5 cm³/mol. The van der Waals surface area contributed by atoms with Gasteiger partial charge < -0.3 is 10.6 Å². The lowest BCUT2D eigenvalue weighted by atomic mass is 10.1. The van der Waals surface area contributed by atoms with Crippen LogP contribution in [0.25, 0.3) is 0 Å². The lowest BCUT2D eigenvalue weighted by molar-refractivity contribution is 0.687. The summed E-state index contributed by atoms with van der Waals surface area (Å²) in [6.45, 7) is 1.90. The van der Waals surface area contributed by atoms with Crippen LogP contribution in [-0.4, -0.2) is 13.6 Å². The number of hydrogen-bond acceptors (Lipinski definition) is 2. The molecule has 0 aliphatic carbocycles. The van der Waals surface area contributed by atoms with Crippen molar-refractivity contribution in [2.24, 2.45) is 0 Å². The fourth-order valence-corrected chi connectivity index (χ4v) is 2.22. The largest absolute Gasteiger partial charge is 0.388 e. The van der Waals surface area contributed by atoms with E-state index in [4.69, 9.17) is 0 Å². The van der Waals surface area contributed by atoms with E-state index in [0.717, 1.165) is 29.7 Å². The smallest absolute Gasteiger partial charge is 0.0340 e. The zero-order chi connectivity index (χ0) is 13.5. The Bertz CT molecular complexity index is 508. The maximum absolute atomic E-state index is 3.48. The van der Waals surface area contributed by atoms with Crippen LogP contribution in [0.4, 0.5) is 5.69 Å². The molecule has 0 bridgehead atoms. The van der Waals surface area contributed by atoms with Gasteiger partial charge in [-0.05, 0) is 48.4 Å². The molecule has 0 spiro atoms. The molecule has 0 saturated carbocycles. The van der Waals surface area contributed by atoms with E-state index in [-0.39, 0.29) is 0 Å². The number of halogens is 1. The maximum atomic E-state index is 3.48. The average molecular weight is 319 g/mol. The first-order valence-electron chi connectivity index (χ1n) is 6.50. The molecule has 2 aromatic carbocycles. The Morgan fingerprint density at radius 3 is 2.53 bits per heavy atom. The second kappa shape index (κ2) is 7.31. The van der Waals surface area contributed by atoms with Gasteiger partial charge in [-0.25, -0.2) is 0 Å². The third-order valence-corrected chi connectivity index (χ3v) is 3.58. The van der Waals surface area contributed by atoms with E-state index in [2.05, 4.69) is 75.1 Å². The molecule has 100 valence electrons. The summed E-state index contributed by atoms with van der Waals surface area (Å²) in [6, 6.07) is 17.0. The van der Waals surface area contributed by atoms with Crippen molar-refractivity contribution in [1.29, 1.82) is 0 Å². The topological polar surface area (TPSA) is 24.1 Å². The van der Waals surface area contributed by atoms with Crippen LogP contribution in [0, 0.1) is 0 Å². The molecule has 0 radical (unpaired) electrons. The summed E-state index contributed by atoms with van der Waals surface area (Å²) in [5, 5.41) is 6.63. The minimum absolute atomic E-state index is 0.909. The van der Waals surface area contributed by atoms with Crippen molar-refractivity contribution >= 4 is 21.6 Å². The molecular formula is C16H19BrN2. The van der Waals surface area contributed by atoms with Crippen LogP contribution in [0.3, 0.4) is 0 Å². The molecule has 0 unspecified atom stereocenters.